The van der Waals surface area contributed by atoms with Gasteiger partial charge in [-0.25, -0.2) is 10.0 Å². The van der Waals surface area contributed by atoms with E-state index in [1.54, 1.807) is 30.6 Å². The van der Waals surface area contributed by atoms with Crippen LogP contribution in [0.4, 0.5) is 5.69 Å². The first kappa shape index (κ1) is 18.0. The minimum absolute atomic E-state index is 0.164. The second-order valence-electron chi connectivity index (χ2n) is 6.29. The lowest BCUT2D eigenvalue weighted by Crippen LogP contribution is -2.13. The highest BCUT2D eigenvalue weighted by atomic mass is 32.2. The molecule has 0 saturated heterocycles. The normalized spacial score (nSPS) is 18.5. The van der Waals surface area contributed by atoms with Crippen molar-refractivity contribution in [3.8, 4) is 5.75 Å². The average molecular weight is 397 g/mol. The third-order valence-electron chi connectivity index (χ3n) is 4.27. The van der Waals surface area contributed by atoms with E-state index < -0.39 is 0 Å². The molecule has 0 fully saturated rings. The molecule has 0 N–H and O–H groups in total. The van der Waals surface area contributed by atoms with Crippen LogP contribution in [0, 0.1) is 0 Å². The Morgan fingerprint density at radius 2 is 1.85 bits per heavy atom. The standard InChI is InChI=1S/C20H20N4OS2/c1-23(2)16-8-6-15(7-9-16)19-24-18(13-26-19)27-20(22-24)21-12-14-4-10-17(25-3)11-5-14/h4-13,19H,1-3H3/b21-12-. The molecule has 1 atom stereocenters. The van der Waals surface area contributed by atoms with Crippen molar-refractivity contribution >= 4 is 40.6 Å². The topological polar surface area (TPSA) is 40.4 Å². The summed E-state index contributed by atoms with van der Waals surface area (Å²) in [5, 5.41) is 11.0. The number of hydrogen-bond acceptors (Lipinski definition) is 7. The Labute approximate surface area is 167 Å². The molecule has 0 bridgehead atoms. The molecule has 2 heterocycles. The molecule has 0 amide bonds. The fourth-order valence-corrected chi connectivity index (χ4v) is 4.79. The largest absolute Gasteiger partial charge is 0.497 e. The second kappa shape index (κ2) is 7.70. The molecule has 0 aromatic heterocycles. The minimum atomic E-state index is 0.164. The van der Waals surface area contributed by atoms with Crippen molar-refractivity contribution in [3.63, 3.8) is 0 Å². The van der Waals surface area contributed by atoms with Gasteiger partial charge in [-0.05, 0) is 59.3 Å². The Morgan fingerprint density at radius 1 is 1.11 bits per heavy atom. The Hall–Kier alpha value is -2.38. The maximum atomic E-state index is 5.18. The molecule has 0 saturated carbocycles. The van der Waals surface area contributed by atoms with E-state index in [4.69, 9.17) is 9.84 Å². The number of amidine groups is 1. The summed E-state index contributed by atoms with van der Waals surface area (Å²) in [5.74, 6) is 0.839. The van der Waals surface area contributed by atoms with Crippen molar-refractivity contribution < 1.29 is 4.74 Å². The van der Waals surface area contributed by atoms with Crippen molar-refractivity contribution in [2.24, 2.45) is 10.1 Å². The van der Waals surface area contributed by atoms with Gasteiger partial charge in [-0.1, -0.05) is 23.9 Å². The van der Waals surface area contributed by atoms with Crippen LogP contribution in [-0.4, -0.2) is 37.6 Å². The van der Waals surface area contributed by atoms with E-state index in [2.05, 4.69) is 44.6 Å². The first-order chi connectivity index (χ1) is 13.1. The van der Waals surface area contributed by atoms with Crippen LogP contribution in [0.25, 0.3) is 0 Å². The number of aliphatic imine (C=N–C) groups is 1. The molecule has 2 aromatic carbocycles. The molecule has 2 aromatic rings. The zero-order valence-corrected chi connectivity index (χ0v) is 17.0. The zero-order chi connectivity index (χ0) is 18.8. The lowest BCUT2D eigenvalue weighted by Gasteiger charge is -2.20. The number of benzene rings is 2. The van der Waals surface area contributed by atoms with Gasteiger partial charge < -0.3 is 9.64 Å². The zero-order valence-electron chi connectivity index (χ0n) is 15.4. The fraction of sp³-hybridized carbons (Fsp3) is 0.200. The van der Waals surface area contributed by atoms with Crippen LogP contribution in [0.15, 0.2) is 69.1 Å². The van der Waals surface area contributed by atoms with E-state index in [9.17, 15) is 0 Å². The summed E-state index contributed by atoms with van der Waals surface area (Å²) in [6, 6.07) is 16.4. The maximum Gasteiger partial charge on any atom is 0.213 e. The van der Waals surface area contributed by atoms with Gasteiger partial charge in [0.05, 0.1) is 7.11 Å². The molecule has 2 aliphatic heterocycles. The summed E-state index contributed by atoms with van der Waals surface area (Å²) in [6.07, 6.45) is 1.84. The summed E-state index contributed by atoms with van der Waals surface area (Å²) in [7, 11) is 5.76. The number of methoxy groups -OCH3 is 1. The van der Waals surface area contributed by atoms with E-state index >= 15 is 0 Å². The summed E-state index contributed by atoms with van der Waals surface area (Å²) >= 11 is 3.38. The van der Waals surface area contributed by atoms with Crippen molar-refractivity contribution in [1.29, 1.82) is 0 Å². The van der Waals surface area contributed by atoms with E-state index in [0.29, 0.717) is 0 Å². The van der Waals surface area contributed by atoms with Crippen LogP contribution < -0.4 is 9.64 Å². The molecule has 0 radical (unpaired) electrons. The summed E-state index contributed by atoms with van der Waals surface area (Å²) in [4.78, 5) is 6.65. The fourth-order valence-electron chi connectivity index (χ4n) is 2.76. The number of rotatable bonds is 4. The molecule has 1 unspecified atom stereocenters. The molecule has 4 rings (SSSR count). The van der Waals surface area contributed by atoms with Gasteiger partial charge in [-0.2, -0.15) is 0 Å². The number of fused-ring (bicyclic) bond motifs is 1. The number of hydrogen-bond donors (Lipinski definition) is 0. The van der Waals surface area contributed by atoms with E-state index in [-0.39, 0.29) is 5.37 Å². The summed E-state index contributed by atoms with van der Waals surface area (Å²) in [6.45, 7) is 0. The predicted molar refractivity (Wildman–Crippen MR) is 117 cm³/mol. The first-order valence-electron chi connectivity index (χ1n) is 8.51. The molecule has 2 aliphatic rings. The van der Waals surface area contributed by atoms with Crippen molar-refractivity contribution in [1.82, 2.24) is 5.01 Å². The van der Waals surface area contributed by atoms with Crippen molar-refractivity contribution in [2.75, 3.05) is 26.1 Å². The Balaban J connectivity index is 1.47. The second-order valence-corrected chi connectivity index (χ2v) is 8.23. The number of nitrogens with zero attached hydrogens (tertiary/aromatic N) is 4. The highest BCUT2D eigenvalue weighted by Crippen LogP contribution is 2.50. The molecule has 7 heteroatoms. The Bertz CT molecular complexity index is 905. The molecule has 138 valence electrons. The number of thioether (sulfide) groups is 2. The van der Waals surface area contributed by atoms with Gasteiger partial charge in [0.25, 0.3) is 0 Å². The number of ether oxygens (including phenoxy) is 1. The quantitative estimate of drug-likeness (QED) is 0.698. The molecule has 5 nitrogen and oxygen atoms in total. The van der Waals surface area contributed by atoms with Crippen LogP contribution in [0.2, 0.25) is 0 Å². The van der Waals surface area contributed by atoms with Crippen LogP contribution in [0.5, 0.6) is 5.75 Å². The third-order valence-corrected chi connectivity index (χ3v) is 6.39. The Morgan fingerprint density at radius 3 is 2.52 bits per heavy atom. The minimum Gasteiger partial charge on any atom is -0.497 e. The highest BCUT2D eigenvalue weighted by molar-refractivity contribution is 8.18. The predicted octanol–water partition coefficient (Wildman–Crippen LogP) is 4.74. The van der Waals surface area contributed by atoms with Gasteiger partial charge >= 0.3 is 0 Å². The van der Waals surface area contributed by atoms with Gasteiger partial charge in [0, 0.05) is 31.4 Å². The van der Waals surface area contributed by atoms with Gasteiger partial charge in [0.2, 0.25) is 5.17 Å². The van der Waals surface area contributed by atoms with Crippen LogP contribution in [-0.2, 0) is 0 Å². The lowest BCUT2D eigenvalue weighted by molar-refractivity contribution is 0.387. The number of hydrazone groups is 1. The molecule has 27 heavy (non-hydrogen) atoms. The molecule has 0 spiro atoms. The summed E-state index contributed by atoms with van der Waals surface area (Å²) in [5.41, 5.74) is 3.45. The van der Waals surface area contributed by atoms with Crippen molar-refractivity contribution in [2.45, 2.75) is 5.37 Å². The van der Waals surface area contributed by atoms with E-state index in [1.807, 2.05) is 44.6 Å². The van der Waals surface area contributed by atoms with E-state index in [0.717, 1.165) is 21.5 Å². The smallest absolute Gasteiger partial charge is 0.213 e. The molecular weight excluding hydrogens is 376 g/mol. The van der Waals surface area contributed by atoms with Crippen molar-refractivity contribution in [3.05, 3.63) is 70.1 Å². The van der Waals surface area contributed by atoms with Gasteiger partial charge in [-0.3, -0.25) is 0 Å². The van der Waals surface area contributed by atoms with E-state index in [1.165, 1.54) is 11.3 Å². The third kappa shape index (κ3) is 3.84. The van der Waals surface area contributed by atoms with Gasteiger partial charge in [0.1, 0.15) is 16.2 Å². The van der Waals surface area contributed by atoms with Crippen LogP contribution in [0.1, 0.15) is 16.5 Å². The highest BCUT2D eigenvalue weighted by Gasteiger charge is 2.34. The molecule has 0 aliphatic carbocycles. The lowest BCUT2D eigenvalue weighted by atomic mass is 10.2. The Kier molecular flexibility index (Phi) is 5.13. The summed E-state index contributed by atoms with van der Waals surface area (Å²) < 4.78 is 5.18. The SMILES string of the molecule is COc1ccc(/C=N\C2=NN3C(=CSC3c3ccc(N(C)C)cc3)S2)cc1. The monoisotopic (exact) mass is 396 g/mol. The average Bonchev–Trinajstić information content (AvgIpc) is 3.27. The number of anilines is 1. The van der Waals surface area contributed by atoms with Crippen LogP contribution in [0.3, 0.4) is 0 Å². The van der Waals surface area contributed by atoms with Gasteiger partial charge in [0.15, 0.2) is 0 Å². The van der Waals surface area contributed by atoms with Gasteiger partial charge in [-0.15, -0.1) is 5.10 Å². The molecular formula is C20H20N4OS2. The van der Waals surface area contributed by atoms with Crippen LogP contribution >= 0.6 is 23.5 Å². The first-order valence-corrected chi connectivity index (χ1v) is 10.3. The maximum absolute atomic E-state index is 5.18.